The predicted molar refractivity (Wildman–Crippen MR) is 51.8 cm³/mol. The minimum Gasteiger partial charge on any atom is -0.448 e. The molecule has 1 amide bonds. The first-order valence-corrected chi connectivity index (χ1v) is 4.13. The number of hydrogen-bond acceptors (Lipinski definition) is 3. The summed E-state index contributed by atoms with van der Waals surface area (Å²) >= 11 is 0. The molecule has 0 rings (SSSR count). The van der Waals surface area contributed by atoms with E-state index < -0.39 is 6.09 Å². The number of hydrazine groups is 1. The third-order valence-electron chi connectivity index (χ3n) is 1.34. The number of rotatable bonds is 4. The van der Waals surface area contributed by atoms with Crippen LogP contribution in [-0.4, -0.2) is 12.7 Å². The van der Waals surface area contributed by atoms with Crippen LogP contribution in [-0.2, 0) is 4.74 Å². The fourth-order valence-corrected chi connectivity index (χ4v) is 0.669. The second-order valence-corrected chi connectivity index (χ2v) is 2.63. The summed E-state index contributed by atoms with van der Waals surface area (Å²) in [7, 11) is 0. The number of hydrogen-bond donors (Lipinski definition) is 2. The van der Waals surface area contributed by atoms with Crippen molar-refractivity contribution >= 4 is 6.09 Å². The Morgan fingerprint density at radius 3 is 2.85 bits per heavy atom. The summed E-state index contributed by atoms with van der Waals surface area (Å²) in [5.41, 5.74) is 1.89. The first-order chi connectivity index (χ1) is 6.20. The smallest absolute Gasteiger partial charge is 0.421 e. The Hall–Kier alpha value is -1.29. The zero-order valence-electron chi connectivity index (χ0n) is 7.99. The van der Waals surface area contributed by atoms with Crippen LogP contribution in [0.3, 0.4) is 0 Å². The number of carbonyl (C=O) groups excluding carboxylic acids is 1. The highest BCUT2D eigenvalue weighted by Crippen LogP contribution is 1.98. The molecule has 0 saturated carbocycles. The fourth-order valence-electron chi connectivity index (χ4n) is 0.669. The van der Waals surface area contributed by atoms with E-state index in [4.69, 9.17) is 10.6 Å². The first-order valence-electron chi connectivity index (χ1n) is 4.13. The minimum atomic E-state index is -0.605. The summed E-state index contributed by atoms with van der Waals surface area (Å²) in [5, 5.41) is 0. The van der Waals surface area contributed by atoms with E-state index in [1.165, 1.54) is 0 Å². The maximum atomic E-state index is 10.5. The maximum Gasteiger partial charge on any atom is 0.421 e. The van der Waals surface area contributed by atoms with Crippen LogP contribution >= 0.6 is 0 Å². The van der Waals surface area contributed by atoms with Gasteiger partial charge in [0.25, 0.3) is 0 Å². The molecule has 0 aliphatic carbocycles. The molecule has 0 saturated heterocycles. The molecule has 0 bridgehead atoms. The molecule has 0 fully saturated rings. The van der Waals surface area contributed by atoms with Gasteiger partial charge in [-0.2, -0.15) is 0 Å². The molecule has 1 atom stereocenters. The molecule has 0 radical (unpaired) electrons. The molecule has 0 spiro atoms. The molecular formula is C9H16N2O2. The fraction of sp³-hybridized carbons (Fsp3) is 0.444. The monoisotopic (exact) mass is 184 g/mol. The van der Waals surface area contributed by atoms with Gasteiger partial charge in [-0.25, -0.2) is 10.6 Å². The standard InChI is InChI=1S/C9H16N2O2/c1-3-4-5-6-8(2)7-13-9(12)11-10/h3-6,8H,7,10H2,1-2H3,(H,11,12). The predicted octanol–water partition coefficient (Wildman–Crippen LogP) is 1.35. The van der Waals surface area contributed by atoms with Crippen molar-refractivity contribution in [3.63, 3.8) is 0 Å². The molecule has 0 aromatic carbocycles. The van der Waals surface area contributed by atoms with Crippen molar-refractivity contribution in [2.45, 2.75) is 13.8 Å². The van der Waals surface area contributed by atoms with Crippen LogP contribution in [0.15, 0.2) is 24.3 Å². The lowest BCUT2D eigenvalue weighted by Gasteiger charge is -2.06. The lowest BCUT2D eigenvalue weighted by molar-refractivity contribution is 0.137. The van der Waals surface area contributed by atoms with E-state index in [0.29, 0.717) is 6.61 Å². The summed E-state index contributed by atoms with van der Waals surface area (Å²) in [6.07, 6.45) is 7.10. The van der Waals surface area contributed by atoms with Gasteiger partial charge in [0.2, 0.25) is 0 Å². The van der Waals surface area contributed by atoms with Gasteiger partial charge in [-0.3, -0.25) is 5.43 Å². The Morgan fingerprint density at radius 2 is 2.31 bits per heavy atom. The Balaban J connectivity index is 3.62. The number of amides is 1. The van der Waals surface area contributed by atoms with Gasteiger partial charge < -0.3 is 4.74 Å². The third kappa shape index (κ3) is 7.08. The van der Waals surface area contributed by atoms with Gasteiger partial charge in [0.15, 0.2) is 0 Å². The number of nitrogens with one attached hydrogen (secondary N) is 1. The molecule has 4 heteroatoms. The van der Waals surface area contributed by atoms with Gasteiger partial charge in [-0.15, -0.1) is 0 Å². The van der Waals surface area contributed by atoms with Crippen LogP contribution in [0.25, 0.3) is 0 Å². The van der Waals surface area contributed by atoms with E-state index in [2.05, 4.69) is 0 Å². The number of carbonyl (C=O) groups is 1. The zero-order chi connectivity index (χ0) is 10.1. The second kappa shape index (κ2) is 7.36. The number of ether oxygens (including phenoxy) is 1. The highest BCUT2D eigenvalue weighted by atomic mass is 16.5. The van der Waals surface area contributed by atoms with Crippen molar-refractivity contribution in [2.24, 2.45) is 11.8 Å². The van der Waals surface area contributed by atoms with Crippen molar-refractivity contribution in [1.29, 1.82) is 0 Å². The molecule has 0 heterocycles. The Bertz CT molecular complexity index is 200. The van der Waals surface area contributed by atoms with Gasteiger partial charge in [0, 0.05) is 5.92 Å². The summed E-state index contributed by atoms with van der Waals surface area (Å²) in [6, 6.07) is 0. The highest BCUT2D eigenvalue weighted by Gasteiger charge is 2.01. The minimum absolute atomic E-state index is 0.188. The highest BCUT2D eigenvalue weighted by molar-refractivity contribution is 5.66. The van der Waals surface area contributed by atoms with Crippen LogP contribution in [0, 0.1) is 5.92 Å². The summed E-state index contributed by atoms with van der Waals surface area (Å²) in [4.78, 5) is 10.5. The largest absolute Gasteiger partial charge is 0.448 e. The van der Waals surface area contributed by atoms with Crippen molar-refractivity contribution in [3.8, 4) is 0 Å². The van der Waals surface area contributed by atoms with Gasteiger partial charge in [-0.05, 0) is 6.92 Å². The average molecular weight is 184 g/mol. The van der Waals surface area contributed by atoms with E-state index >= 15 is 0 Å². The average Bonchev–Trinajstić information content (AvgIpc) is 2.14. The molecule has 4 nitrogen and oxygen atoms in total. The van der Waals surface area contributed by atoms with Crippen LogP contribution in [0.5, 0.6) is 0 Å². The lowest BCUT2D eigenvalue weighted by atomic mass is 10.2. The normalized spacial score (nSPS) is 13.5. The van der Waals surface area contributed by atoms with E-state index in [1.54, 1.807) is 0 Å². The van der Waals surface area contributed by atoms with Gasteiger partial charge in [0.05, 0.1) is 6.61 Å². The van der Waals surface area contributed by atoms with Crippen LogP contribution in [0.4, 0.5) is 4.79 Å². The molecule has 74 valence electrons. The SMILES string of the molecule is CC=CC=CC(C)COC(=O)NN. The summed E-state index contributed by atoms with van der Waals surface area (Å²) in [6.45, 7) is 4.22. The van der Waals surface area contributed by atoms with Gasteiger partial charge >= 0.3 is 6.09 Å². The molecule has 0 aliphatic heterocycles. The maximum absolute atomic E-state index is 10.5. The molecule has 0 aromatic heterocycles. The number of allylic oxidation sites excluding steroid dienone is 3. The van der Waals surface area contributed by atoms with Crippen molar-refractivity contribution in [2.75, 3.05) is 6.61 Å². The Morgan fingerprint density at radius 1 is 1.62 bits per heavy atom. The van der Waals surface area contributed by atoms with E-state index in [-0.39, 0.29) is 5.92 Å². The van der Waals surface area contributed by atoms with Crippen LogP contribution in [0.1, 0.15) is 13.8 Å². The quantitative estimate of drug-likeness (QED) is 0.300. The van der Waals surface area contributed by atoms with Gasteiger partial charge in [-0.1, -0.05) is 31.2 Å². The molecule has 3 N–H and O–H groups in total. The summed E-state index contributed by atoms with van der Waals surface area (Å²) < 4.78 is 4.73. The number of nitrogens with two attached hydrogens (primary N) is 1. The van der Waals surface area contributed by atoms with E-state index in [9.17, 15) is 4.79 Å². The molecule has 0 aromatic rings. The van der Waals surface area contributed by atoms with Crippen molar-refractivity contribution < 1.29 is 9.53 Å². The topological polar surface area (TPSA) is 64.3 Å². The Labute approximate surface area is 78.4 Å². The van der Waals surface area contributed by atoms with Crippen molar-refractivity contribution in [1.82, 2.24) is 5.43 Å². The van der Waals surface area contributed by atoms with E-state index in [0.717, 1.165) is 0 Å². The van der Waals surface area contributed by atoms with Crippen LogP contribution in [0.2, 0.25) is 0 Å². The third-order valence-corrected chi connectivity index (χ3v) is 1.34. The molecular weight excluding hydrogens is 168 g/mol. The Kier molecular flexibility index (Phi) is 6.63. The van der Waals surface area contributed by atoms with Gasteiger partial charge in [0.1, 0.15) is 0 Å². The second-order valence-electron chi connectivity index (χ2n) is 2.63. The summed E-state index contributed by atoms with van der Waals surface area (Å²) in [5.74, 6) is 5.01. The first kappa shape index (κ1) is 11.7. The molecule has 13 heavy (non-hydrogen) atoms. The molecule has 1 unspecified atom stereocenters. The van der Waals surface area contributed by atoms with Crippen LogP contribution < -0.4 is 11.3 Å². The lowest BCUT2D eigenvalue weighted by Crippen LogP contribution is -2.31. The van der Waals surface area contributed by atoms with Crippen molar-refractivity contribution in [3.05, 3.63) is 24.3 Å². The molecule has 0 aliphatic rings. The zero-order valence-corrected chi connectivity index (χ0v) is 7.99. The van der Waals surface area contributed by atoms with E-state index in [1.807, 2.05) is 43.6 Å².